The van der Waals surface area contributed by atoms with Crippen LogP contribution in [0.4, 0.5) is 38.9 Å². The molecular weight excluding hydrogens is 890 g/mol. The maximum Gasteiger partial charge on any atom is 0.262 e. The summed E-state index contributed by atoms with van der Waals surface area (Å²) in [5.41, 5.74) is 5.22. The van der Waals surface area contributed by atoms with Gasteiger partial charge in [0.15, 0.2) is 0 Å². The van der Waals surface area contributed by atoms with Crippen LogP contribution in [0.3, 0.4) is 0 Å². The van der Waals surface area contributed by atoms with Crippen molar-refractivity contribution in [3.05, 3.63) is 88.5 Å². The number of piperazine rings is 1. The first-order valence-corrected chi connectivity index (χ1v) is 24.1. The highest BCUT2D eigenvalue weighted by atomic mass is 79.9. The Balaban J connectivity index is 0.683. The largest absolute Gasteiger partial charge is 0.371 e. The van der Waals surface area contributed by atoms with Crippen molar-refractivity contribution in [2.24, 2.45) is 5.92 Å². The quantitative estimate of drug-likeness (QED) is 0.125. The van der Waals surface area contributed by atoms with Gasteiger partial charge in [0.25, 0.3) is 11.8 Å². The minimum absolute atomic E-state index is 0.0895. The Morgan fingerprint density at radius 1 is 0.857 bits per heavy atom. The van der Waals surface area contributed by atoms with E-state index in [-0.39, 0.29) is 18.7 Å². The van der Waals surface area contributed by atoms with Crippen LogP contribution in [0.15, 0.2) is 71.6 Å². The van der Waals surface area contributed by atoms with Gasteiger partial charge < -0.3 is 20.4 Å². The summed E-state index contributed by atoms with van der Waals surface area (Å²) in [5, 5.41) is 9.97. The van der Waals surface area contributed by atoms with E-state index in [9.17, 15) is 19.2 Å². The molecule has 4 amide bonds. The fraction of sp³-hybridized carbons (Fsp3) is 0.364. The highest BCUT2D eigenvalue weighted by molar-refractivity contribution is 9.10. The summed E-state index contributed by atoms with van der Waals surface area (Å²) in [7, 11) is -0.520. The van der Waals surface area contributed by atoms with Gasteiger partial charge in [-0.25, -0.2) is 9.37 Å². The van der Waals surface area contributed by atoms with Crippen LogP contribution < -0.4 is 31.1 Å². The number of anilines is 6. The summed E-state index contributed by atoms with van der Waals surface area (Å²) in [4.78, 5) is 79.0. The second kappa shape index (κ2) is 16.8. The molecular formula is C44H45BrFN12O4P. The van der Waals surface area contributed by atoms with Gasteiger partial charge in [0, 0.05) is 118 Å². The summed E-state index contributed by atoms with van der Waals surface area (Å²) in [6.45, 7) is 12.3. The summed E-state index contributed by atoms with van der Waals surface area (Å²) in [5.74, 6) is -0.888. The Morgan fingerprint density at radius 2 is 1.63 bits per heavy atom. The summed E-state index contributed by atoms with van der Waals surface area (Å²) in [6, 6.07) is 13.9. The standard InChI is InChI=1S/C44H45BrFN12O4P/c1-63(2)39-34(7-6-33-38(39)48-12-11-47-33)51-40-31(45)19-49-44(53-40)50-26-3-8-35(32(46)17-26)56-15-13-55(14-16-56)28-23-54(24-28)20-25-21-57(22-25)27-4-5-29-30(18-27)43(62)58(42(29)61)36-9-10-37(59)52-41(36)60/h3-8,11-12,17-19,25,28,36H,9-10,13-16,20-24H2,1-2H3,(H,52,59,60)(H2,49,50,51,53). The molecule has 19 heteroatoms. The van der Waals surface area contributed by atoms with Crippen molar-refractivity contribution in [1.29, 1.82) is 0 Å². The van der Waals surface area contributed by atoms with Gasteiger partial charge in [-0.1, -0.05) is 7.92 Å². The molecule has 0 saturated carbocycles. The number of benzene rings is 3. The van der Waals surface area contributed by atoms with E-state index >= 15 is 4.39 Å². The minimum atomic E-state index is -0.974. The van der Waals surface area contributed by atoms with Crippen LogP contribution in [0.2, 0.25) is 0 Å². The first-order chi connectivity index (χ1) is 30.5. The van der Waals surface area contributed by atoms with Gasteiger partial charge >= 0.3 is 0 Å². The number of rotatable bonds is 11. The number of piperidine rings is 1. The molecule has 0 spiro atoms. The molecule has 4 saturated heterocycles. The lowest BCUT2D eigenvalue weighted by Gasteiger charge is -2.51. The van der Waals surface area contributed by atoms with E-state index < -0.39 is 37.6 Å². The number of hydrogen-bond donors (Lipinski definition) is 3. The number of fused-ring (bicyclic) bond motifs is 2. The van der Waals surface area contributed by atoms with E-state index in [1.54, 1.807) is 30.7 Å². The molecule has 4 fully saturated rings. The molecule has 3 N–H and O–H groups in total. The molecule has 1 unspecified atom stereocenters. The average molecular weight is 936 g/mol. The maximum atomic E-state index is 15.7. The number of carbonyl (C=O) groups excluding carboxylic acids is 4. The van der Waals surface area contributed by atoms with Gasteiger partial charge in [-0.15, -0.1) is 0 Å². The number of hydrogen-bond acceptors (Lipinski definition) is 14. The van der Waals surface area contributed by atoms with Gasteiger partial charge in [-0.05, 0) is 84.2 Å². The molecule has 10 rings (SSSR count). The van der Waals surface area contributed by atoms with Gasteiger partial charge in [0.1, 0.15) is 17.7 Å². The van der Waals surface area contributed by atoms with Crippen LogP contribution >= 0.6 is 23.9 Å². The number of amides is 4. The zero-order chi connectivity index (χ0) is 43.5. The number of likely N-dealkylation sites (tertiary alicyclic amines) is 1. The van der Waals surface area contributed by atoms with E-state index in [2.05, 4.69) is 79.8 Å². The number of nitrogens with zero attached hydrogens (tertiary/aromatic N) is 9. The molecule has 3 aromatic carbocycles. The third-order valence-electron chi connectivity index (χ3n) is 12.6. The SMILES string of the molecule is CP(C)c1c(Nc2nc(Nc3ccc(N4CCN(C5CN(CC6CN(c7ccc8c(c7)C(=O)N(C7CCC(=O)NC7=O)C8=O)C6)C5)CC4)c(F)c3)ncc2Br)ccc2nccnc12. The van der Waals surface area contributed by atoms with E-state index in [1.165, 1.54) is 6.07 Å². The van der Waals surface area contributed by atoms with Gasteiger partial charge in [0.05, 0.1) is 32.3 Å². The minimum Gasteiger partial charge on any atom is -0.371 e. The Morgan fingerprint density at radius 3 is 2.40 bits per heavy atom. The molecule has 1 atom stereocenters. The molecule has 7 heterocycles. The Kier molecular flexibility index (Phi) is 11.0. The number of halogens is 2. The lowest BCUT2D eigenvalue weighted by atomic mass is 9.95. The second-order valence-electron chi connectivity index (χ2n) is 16.9. The van der Waals surface area contributed by atoms with Gasteiger partial charge in [0.2, 0.25) is 17.8 Å². The van der Waals surface area contributed by atoms with Gasteiger partial charge in [-0.3, -0.25) is 49.2 Å². The molecule has 5 aromatic rings. The van der Waals surface area contributed by atoms with Crippen molar-refractivity contribution >= 4 is 98.3 Å². The molecule has 0 aliphatic carbocycles. The molecule has 0 radical (unpaired) electrons. The first kappa shape index (κ1) is 41.3. The van der Waals surface area contributed by atoms with Crippen LogP contribution in [0, 0.1) is 11.7 Å². The number of carbonyl (C=O) groups is 4. The van der Waals surface area contributed by atoms with Crippen molar-refractivity contribution < 1.29 is 23.6 Å². The molecule has 5 aliphatic heterocycles. The molecule has 63 heavy (non-hydrogen) atoms. The Labute approximate surface area is 372 Å². The predicted molar refractivity (Wildman–Crippen MR) is 243 cm³/mol. The summed E-state index contributed by atoms with van der Waals surface area (Å²) >= 11 is 3.58. The van der Waals surface area contributed by atoms with E-state index in [0.29, 0.717) is 50.7 Å². The monoisotopic (exact) mass is 934 g/mol. The lowest BCUT2D eigenvalue weighted by molar-refractivity contribution is -0.136. The van der Waals surface area contributed by atoms with E-state index in [0.717, 1.165) is 91.5 Å². The average Bonchev–Trinajstić information content (AvgIpc) is 3.48. The topological polar surface area (TPSA) is 172 Å². The molecule has 5 aliphatic rings. The van der Waals surface area contributed by atoms with Crippen LogP contribution in [0.25, 0.3) is 11.0 Å². The van der Waals surface area contributed by atoms with Crippen molar-refractivity contribution in [2.75, 3.05) is 92.7 Å². The highest BCUT2D eigenvalue weighted by Gasteiger charge is 2.45. The van der Waals surface area contributed by atoms with Gasteiger partial charge in [-0.2, -0.15) is 4.98 Å². The first-order valence-electron chi connectivity index (χ1n) is 21.1. The van der Waals surface area contributed by atoms with Crippen LogP contribution in [-0.2, 0) is 9.59 Å². The second-order valence-corrected chi connectivity index (χ2v) is 20.0. The molecule has 2 aromatic heterocycles. The smallest absolute Gasteiger partial charge is 0.262 e. The molecule has 16 nitrogen and oxygen atoms in total. The van der Waals surface area contributed by atoms with Crippen molar-refractivity contribution in [3.63, 3.8) is 0 Å². The third-order valence-corrected chi connectivity index (χ3v) is 14.6. The Bertz CT molecular complexity index is 2670. The Hall–Kier alpha value is -5.68. The van der Waals surface area contributed by atoms with Crippen LogP contribution in [0.5, 0.6) is 0 Å². The normalized spacial score (nSPS) is 20.0. The predicted octanol–water partition coefficient (Wildman–Crippen LogP) is 4.52. The molecule has 324 valence electrons. The van der Waals surface area contributed by atoms with Crippen molar-refractivity contribution in [2.45, 2.75) is 24.9 Å². The fourth-order valence-corrected chi connectivity index (χ4v) is 10.9. The zero-order valence-electron chi connectivity index (χ0n) is 34.7. The van der Waals surface area contributed by atoms with E-state index in [4.69, 9.17) is 4.98 Å². The lowest BCUT2D eigenvalue weighted by Crippen LogP contribution is -2.65. The van der Waals surface area contributed by atoms with Crippen LogP contribution in [0.1, 0.15) is 33.6 Å². The fourth-order valence-electron chi connectivity index (χ4n) is 9.36. The maximum absolute atomic E-state index is 15.7. The van der Waals surface area contributed by atoms with Crippen molar-refractivity contribution in [3.8, 4) is 0 Å². The number of aromatic nitrogens is 4. The van der Waals surface area contributed by atoms with E-state index in [1.807, 2.05) is 30.3 Å². The molecule has 0 bridgehead atoms. The summed E-state index contributed by atoms with van der Waals surface area (Å²) < 4.78 is 16.4. The van der Waals surface area contributed by atoms with Crippen molar-refractivity contribution in [1.82, 2.24) is 40.0 Å². The summed E-state index contributed by atoms with van der Waals surface area (Å²) in [6.07, 6.45) is 5.29. The third kappa shape index (κ3) is 7.98. The van der Waals surface area contributed by atoms with Crippen LogP contribution in [-0.4, -0.2) is 143 Å². The highest BCUT2D eigenvalue weighted by Crippen LogP contribution is 2.36. The number of nitrogens with one attached hydrogen (secondary N) is 3. The number of imide groups is 2. The zero-order valence-corrected chi connectivity index (χ0v) is 37.2.